The summed E-state index contributed by atoms with van der Waals surface area (Å²) in [6.07, 6.45) is 0. The largest absolute Gasteiger partial charge is 0.497 e. The van der Waals surface area contributed by atoms with Crippen LogP contribution in [0.5, 0.6) is 17.2 Å². The van der Waals surface area contributed by atoms with Crippen LogP contribution in [-0.4, -0.2) is 53.7 Å². The number of hydrogen-bond acceptors (Lipinski definition) is 8. The van der Waals surface area contributed by atoms with Gasteiger partial charge in [0.25, 0.3) is 5.91 Å². The molecule has 0 atom stereocenters. The molecule has 11 heteroatoms. The van der Waals surface area contributed by atoms with E-state index in [2.05, 4.69) is 41.6 Å². The molecule has 0 radical (unpaired) electrons. The average Bonchev–Trinajstić information content (AvgIpc) is 3.41. The van der Waals surface area contributed by atoms with E-state index in [1.54, 1.807) is 68.4 Å². The standard InChI is InChI=1S/C31H35N5O5S/c1-31(2,3)21-9-7-20(8-10-21)29(38)32-18-27-34-35-30(36(27)25-17-24(40-5)15-16-26(25)41-6)42-19-28(37)33-22-11-13-23(39-4)14-12-22/h7-17H,18-19H2,1-6H3,(H,32,38)(H,33,37). The summed E-state index contributed by atoms with van der Waals surface area (Å²) in [6.45, 7) is 6.46. The van der Waals surface area contributed by atoms with Crippen LogP contribution in [0, 0.1) is 0 Å². The lowest BCUT2D eigenvalue weighted by atomic mass is 9.87. The van der Waals surface area contributed by atoms with Gasteiger partial charge in [-0.1, -0.05) is 44.7 Å². The van der Waals surface area contributed by atoms with Crippen LogP contribution in [0.25, 0.3) is 5.69 Å². The highest BCUT2D eigenvalue weighted by Gasteiger charge is 2.21. The van der Waals surface area contributed by atoms with E-state index in [9.17, 15) is 9.59 Å². The van der Waals surface area contributed by atoms with Crippen molar-refractivity contribution < 1.29 is 23.8 Å². The van der Waals surface area contributed by atoms with Crippen molar-refractivity contribution >= 4 is 29.3 Å². The maximum absolute atomic E-state index is 13.0. The molecule has 4 rings (SSSR count). The Kier molecular flexibility index (Phi) is 9.74. The maximum Gasteiger partial charge on any atom is 0.251 e. The molecule has 0 aliphatic rings. The summed E-state index contributed by atoms with van der Waals surface area (Å²) in [5.41, 5.74) is 2.93. The number of thioether (sulfide) groups is 1. The Balaban J connectivity index is 1.56. The van der Waals surface area contributed by atoms with Gasteiger partial charge in [-0.3, -0.25) is 14.2 Å². The molecule has 2 amide bonds. The molecule has 0 unspecified atom stereocenters. The third-order valence-electron chi connectivity index (χ3n) is 6.45. The lowest BCUT2D eigenvalue weighted by Gasteiger charge is -2.19. The number of nitrogens with zero attached hydrogens (tertiary/aromatic N) is 3. The number of anilines is 1. The van der Waals surface area contributed by atoms with E-state index in [4.69, 9.17) is 14.2 Å². The molecule has 0 aliphatic carbocycles. The van der Waals surface area contributed by atoms with Gasteiger partial charge in [-0.25, -0.2) is 0 Å². The first-order chi connectivity index (χ1) is 20.1. The molecule has 220 valence electrons. The first-order valence-corrected chi connectivity index (χ1v) is 14.2. The second-order valence-electron chi connectivity index (χ2n) is 10.3. The second kappa shape index (κ2) is 13.4. The van der Waals surface area contributed by atoms with Crippen LogP contribution >= 0.6 is 11.8 Å². The van der Waals surface area contributed by atoms with Crippen molar-refractivity contribution in [3.8, 4) is 22.9 Å². The van der Waals surface area contributed by atoms with Gasteiger partial charge in [0, 0.05) is 17.3 Å². The zero-order valence-corrected chi connectivity index (χ0v) is 25.4. The molecule has 1 aromatic heterocycles. The van der Waals surface area contributed by atoms with E-state index in [1.165, 1.54) is 11.8 Å². The van der Waals surface area contributed by atoms with E-state index in [1.807, 2.05) is 24.3 Å². The number of hydrogen-bond donors (Lipinski definition) is 2. The molecule has 0 fully saturated rings. The quantitative estimate of drug-likeness (QED) is 0.228. The van der Waals surface area contributed by atoms with Gasteiger partial charge in [-0.2, -0.15) is 0 Å². The minimum atomic E-state index is -0.240. The van der Waals surface area contributed by atoms with Gasteiger partial charge in [0.2, 0.25) is 5.91 Å². The van der Waals surface area contributed by atoms with Gasteiger partial charge in [0.15, 0.2) is 11.0 Å². The summed E-state index contributed by atoms with van der Waals surface area (Å²) in [6, 6.07) is 20.0. The van der Waals surface area contributed by atoms with Crippen LogP contribution in [0.2, 0.25) is 0 Å². The van der Waals surface area contributed by atoms with Crippen LogP contribution < -0.4 is 24.8 Å². The van der Waals surface area contributed by atoms with E-state index < -0.39 is 0 Å². The number of benzene rings is 3. The molecule has 42 heavy (non-hydrogen) atoms. The van der Waals surface area contributed by atoms with Gasteiger partial charge < -0.3 is 24.8 Å². The summed E-state index contributed by atoms with van der Waals surface area (Å²) in [5.74, 6) is 1.92. The van der Waals surface area contributed by atoms with Crippen LogP contribution in [0.1, 0.15) is 42.5 Å². The molecule has 2 N–H and O–H groups in total. The Hall–Kier alpha value is -4.51. The fraction of sp³-hybridized carbons (Fsp3) is 0.290. The van der Waals surface area contributed by atoms with Crippen LogP contribution in [0.15, 0.2) is 71.9 Å². The van der Waals surface area contributed by atoms with Crippen molar-refractivity contribution in [2.75, 3.05) is 32.4 Å². The molecule has 0 saturated carbocycles. The predicted molar refractivity (Wildman–Crippen MR) is 163 cm³/mol. The molecule has 1 heterocycles. The molecular formula is C31H35N5O5S. The molecule has 0 aliphatic heterocycles. The number of carbonyl (C=O) groups excluding carboxylic acids is 2. The smallest absolute Gasteiger partial charge is 0.251 e. The molecular weight excluding hydrogens is 554 g/mol. The monoisotopic (exact) mass is 589 g/mol. The predicted octanol–water partition coefficient (Wildman–Crippen LogP) is 5.25. The number of nitrogens with one attached hydrogen (secondary N) is 2. The molecule has 0 saturated heterocycles. The third-order valence-corrected chi connectivity index (χ3v) is 7.38. The Morgan fingerprint density at radius 2 is 1.52 bits per heavy atom. The first kappa shape index (κ1) is 30.4. The van der Waals surface area contributed by atoms with Crippen molar-refractivity contribution in [3.05, 3.63) is 83.7 Å². The summed E-state index contributed by atoms with van der Waals surface area (Å²) in [5, 5.41) is 15.0. The van der Waals surface area contributed by atoms with E-state index in [0.717, 1.165) is 5.56 Å². The van der Waals surface area contributed by atoms with Gasteiger partial charge in [-0.15, -0.1) is 10.2 Å². The van der Waals surface area contributed by atoms with Crippen LogP contribution in [-0.2, 0) is 16.8 Å². The lowest BCUT2D eigenvalue weighted by molar-refractivity contribution is -0.113. The summed E-state index contributed by atoms with van der Waals surface area (Å²) >= 11 is 1.21. The molecule has 4 aromatic rings. The van der Waals surface area contributed by atoms with Gasteiger partial charge >= 0.3 is 0 Å². The SMILES string of the molecule is COc1ccc(NC(=O)CSc2nnc(CNC(=O)c3ccc(C(C)(C)C)cc3)n2-c2cc(OC)ccc2OC)cc1. The van der Waals surface area contributed by atoms with Crippen molar-refractivity contribution in [1.82, 2.24) is 20.1 Å². The minimum Gasteiger partial charge on any atom is -0.497 e. The van der Waals surface area contributed by atoms with Crippen LogP contribution in [0.4, 0.5) is 5.69 Å². The number of amides is 2. The Labute approximate surface area is 249 Å². The first-order valence-electron chi connectivity index (χ1n) is 13.2. The van der Waals surface area contributed by atoms with Crippen molar-refractivity contribution in [3.63, 3.8) is 0 Å². The molecule has 0 spiro atoms. The normalized spacial score (nSPS) is 11.1. The van der Waals surface area contributed by atoms with E-state index in [-0.39, 0.29) is 29.5 Å². The van der Waals surface area contributed by atoms with Crippen LogP contribution in [0.3, 0.4) is 0 Å². The fourth-order valence-electron chi connectivity index (χ4n) is 4.11. The topological polar surface area (TPSA) is 117 Å². The number of carbonyl (C=O) groups is 2. The highest BCUT2D eigenvalue weighted by molar-refractivity contribution is 7.99. The molecule has 0 bridgehead atoms. The number of aromatic nitrogens is 3. The highest BCUT2D eigenvalue weighted by atomic mass is 32.2. The number of ether oxygens (including phenoxy) is 3. The zero-order chi connectivity index (χ0) is 30.3. The van der Waals surface area contributed by atoms with Gasteiger partial charge in [-0.05, 0) is 59.5 Å². The van der Waals surface area contributed by atoms with Gasteiger partial charge in [0.05, 0.1) is 39.3 Å². The van der Waals surface area contributed by atoms with E-state index >= 15 is 0 Å². The second-order valence-corrected chi connectivity index (χ2v) is 11.3. The van der Waals surface area contributed by atoms with Crippen molar-refractivity contribution in [2.24, 2.45) is 0 Å². The molecule has 3 aromatic carbocycles. The lowest BCUT2D eigenvalue weighted by Crippen LogP contribution is -2.25. The number of rotatable bonds is 11. The molecule has 10 nitrogen and oxygen atoms in total. The average molecular weight is 590 g/mol. The summed E-state index contributed by atoms with van der Waals surface area (Å²) in [4.78, 5) is 25.8. The van der Waals surface area contributed by atoms with E-state index in [0.29, 0.717) is 45.2 Å². The van der Waals surface area contributed by atoms with Crippen molar-refractivity contribution in [2.45, 2.75) is 37.9 Å². The highest BCUT2D eigenvalue weighted by Crippen LogP contribution is 2.32. The number of methoxy groups -OCH3 is 3. The minimum absolute atomic E-state index is 0.0131. The van der Waals surface area contributed by atoms with Crippen molar-refractivity contribution in [1.29, 1.82) is 0 Å². The zero-order valence-electron chi connectivity index (χ0n) is 24.6. The Bertz CT molecular complexity index is 1530. The summed E-state index contributed by atoms with van der Waals surface area (Å²) < 4.78 is 18.0. The maximum atomic E-state index is 13.0. The fourth-order valence-corrected chi connectivity index (χ4v) is 4.87. The van der Waals surface area contributed by atoms with Gasteiger partial charge in [0.1, 0.15) is 17.2 Å². The Morgan fingerprint density at radius 3 is 2.14 bits per heavy atom. The third kappa shape index (κ3) is 7.41. The summed E-state index contributed by atoms with van der Waals surface area (Å²) in [7, 11) is 4.72. The Morgan fingerprint density at radius 1 is 0.857 bits per heavy atom.